The maximum absolute atomic E-state index is 13.1. The molecule has 0 radical (unpaired) electrons. The zero-order chi connectivity index (χ0) is 20.9. The molecule has 0 saturated carbocycles. The van der Waals surface area contributed by atoms with E-state index in [2.05, 4.69) is 0 Å². The number of furan rings is 1. The Morgan fingerprint density at radius 1 is 0.862 bits per heavy atom. The molecule has 9 heteroatoms. The molecule has 0 saturated heterocycles. The number of rotatable bonds is 9. The van der Waals surface area contributed by atoms with Crippen molar-refractivity contribution >= 4 is 20.1 Å². The van der Waals surface area contributed by atoms with Crippen molar-refractivity contribution in [3.05, 3.63) is 84.3 Å². The molecule has 0 aliphatic heterocycles. The van der Waals surface area contributed by atoms with Gasteiger partial charge in [-0.3, -0.25) is 0 Å². The van der Waals surface area contributed by atoms with Gasteiger partial charge >= 0.3 is 10.1 Å². The molecule has 0 aliphatic carbocycles. The summed E-state index contributed by atoms with van der Waals surface area (Å²) in [5, 5.41) is 0. The van der Waals surface area contributed by atoms with Crippen LogP contribution in [0.3, 0.4) is 0 Å². The van der Waals surface area contributed by atoms with Crippen LogP contribution in [0.1, 0.15) is 18.2 Å². The number of hydrogen-bond acceptors (Lipinski definition) is 6. The summed E-state index contributed by atoms with van der Waals surface area (Å²) in [5.74, 6) is 0.554. The quantitative estimate of drug-likeness (QED) is 0.478. The predicted octanol–water partition coefficient (Wildman–Crippen LogP) is 3.40. The van der Waals surface area contributed by atoms with Crippen LogP contribution in [0.5, 0.6) is 5.75 Å². The Kier molecular flexibility index (Phi) is 6.41. The smallest absolute Gasteiger partial charge is 0.308 e. The molecule has 0 fully saturated rings. The van der Waals surface area contributed by atoms with Gasteiger partial charge < -0.3 is 8.60 Å². The van der Waals surface area contributed by atoms with Crippen LogP contribution in [0, 0.1) is 0 Å². The molecule has 3 aromatic rings. The van der Waals surface area contributed by atoms with Crippen molar-refractivity contribution in [2.45, 2.75) is 24.9 Å². The van der Waals surface area contributed by atoms with Crippen LogP contribution in [0.2, 0.25) is 0 Å². The van der Waals surface area contributed by atoms with Gasteiger partial charge in [-0.25, -0.2) is 8.42 Å². The van der Waals surface area contributed by atoms with Gasteiger partial charge in [0, 0.05) is 6.54 Å². The average molecular weight is 436 g/mol. The molecule has 0 spiro atoms. The first-order chi connectivity index (χ1) is 13.8. The van der Waals surface area contributed by atoms with Crippen LogP contribution in [-0.2, 0) is 33.2 Å². The van der Waals surface area contributed by atoms with Crippen molar-refractivity contribution in [2.24, 2.45) is 0 Å². The third kappa shape index (κ3) is 5.47. The SMILES string of the molecule is CCS(=O)(=O)Oc1ccc(CN(Cc2ccco2)S(=O)(=O)c2ccccc2)cc1. The van der Waals surface area contributed by atoms with Gasteiger partial charge in [-0.1, -0.05) is 30.3 Å². The second-order valence-electron chi connectivity index (χ2n) is 6.24. The summed E-state index contributed by atoms with van der Waals surface area (Å²) in [6.07, 6.45) is 1.49. The largest absolute Gasteiger partial charge is 0.468 e. The van der Waals surface area contributed by atoms with Crippen molar-refractivity contribution < 1.29 is 25.4 Å². The first kappa shape index (κ1) is 21.1. The van der Waals surface area contributed by atoms with Crippen molar-refractivity contribution in [2.75, 3.05) is 5.75 Å². The summed E-state index contributed by atoms with van der Waals surface area (Å²) in [6, 6.07) is 17.8. The van der Waals surface area contributed by atoms with E-state index in [-0.39, 0.29) is 29.5 Å². The summed E-state index contributed by atoms with van der Waals surface area (Å²) in [6.45, 7) is 1.64. The Balaban J connectivity index is 1.85. The molecule has 7 nitrogen and oxygen atoms in total. The molecule has 2 aromatic carbocycles. The maximum Gasteiger partial charge on any atom is 0.308 e. The summed E-state index contributed by atoms with van der Waals surface area (Å²) < 4.78 is 61.0. The monoisotopic (exact) mass is 435 g/mol. The molecular formula is C20H21NO6S2. The van der Waals surface area contributed by atoms with Crippen LogP contribution < -0.4 is 4.18 Å². The van der Waals surface area contributed by atoms with Crippen LogP contribution in [0.4, 0.5) is 0 Å². The Bertz CT molecular complexity index is 1120. The van der Waals surface area contributed by atoms with Crippen molar-refractivity contribution in [3.63, 3.8) is 0 Å². The van der Waals surface area contributed by atoms with Crippen LogP contribution in [0.15, 0.2) is 82.3 Å². The lowest BCUT2D eigenvalue weighted by molar-refractivity contribution is 0.358. The lowest BCUT2D eigenvalue weighted by Gasteiger charge is -2.21. The highest BCUT2D eigenvalue weighted by Gasteiger charge is 2.25. The van der Waals surface area contributed by atoms with E-state index in [1.54, 1.807) is 42.5 Å². The molecule has 0 atom stereocenters. The van der Waals surface area contributed by atoms with Gasteiger partial charge in [0.1, 0.15) is 11.5 Å². The van der Waals surface area contributed by atoms with E-state index in [4.69, 9.17) is 8.60 Å². The summed E-state index contributed by atoms with van der Waals surface area (Å²) in [7, 11) is -7.39. The fraction of sp³-hybridized carbons (Fsp3) is 0.200. The van der Waals surface area contributed by atoms with Crippen molar-refractivity contribution in [3.8, 4) is 5.75 Å². The van der Waals surface area contributed by atoms with E-state index in [0.717, 1.165) is 0 Å². The molecule has 154 valence electrons. The molecule has 0 N–H and O–H groups in total. The van der Waals surface area contributed by atoms with Gasteiger partial charge in [0.15, 0.2) is 0 Å². The summed E-state index contributed by atoms with van der Waals surface area (Å²) >= 11 is 0. The first-order valence-electron chi connectivity index (χ1n) is 8.89. The van der Waals surface area contributed by atoms with Gasteiger partial charge in [-0.2, -0.15) is 12.7 Å². The Morgan fingerprint density at radius 2 is 1.55 bits per heavy atom. The second-order valence-corrected chi connectivity index (χ2v) is 10.0. The minimum atomic E-state index is -3.77. The Labute approximate surface area is 170 Å². The highest BCUT2D eigenvalue weighted by molar-refractivity contribution is 7.89. The number of benzene rings is 2. The second kappa shape index (κ2) is 8.81. The standard InChI is InChI=1S/C20H21NO6S2/c1-2-28(22,23)27-18-12-10-17(11-13-18)15-21(16-19-7-6-14-26-19)29(24,25)20-8-4-3-5-9-20/h3-14H,2,15-16H2,1H3. The normalized spacial score (nSPS) is 12.2. The van der Waals surface area contributed by atoms with Crippen molar-refractivity contribution in [1.82, 2.24) is 4.31 Å². The maximum atomic E-state index is 13.1. The van der Waals surface area contributed by atoms with Gasteiger partial charge in [-0.15, -0.1) is 0 Å². The van der Waals surface area contributed by atoms with Gasteiger partial charge in [0.25, 0.3) is 0 Å². The Hall–Kier alpha value is -2.62. The summed E-state index contributed by atoms with van der Waals surface area (Å²) in [4.78, 5) is 0.181. The lowest BCUT2D eigenvalue weighted by atomic mass is 10.2. The Morgan fingerprint density at radius 3 is 2.14 bits per heavy atom. The zero-order valence-electron chi connectivity index (χ0n) is 15.8. The molecule has 0 bridgehead atoms. The molecule has 0 aliphatic rings. The number of nitrogens with zero attached hydrogens (tertiary/aromatic N) is 1. The minimum Gasteiger partial charge on any atom is -0.468 e. The predicted molar refractivity (Wildman–Crippen MR) is 108 cm³/mol. The molecule has 1 heterocycles. The van der Waals surface area contributed by atoms with Gasteiger partial charge in [-0.05, 0) is 48.9 Å². The lowest BCUT2D eigenvalue weighted by Crippen LogP contribution is -2.30. The topological polar surface area (TPSA) is 93.9 Å². The third-order valence-electron chi connectivity index (χ3n) is 4.15. The van der Waals surface area contributed by atoms with Crippen molar-refractivity contribution in [1.29, 1.82) is 0 Å². The van der Waals surface area contributed by atoms with E-state index in [1.165, 1.54) is 41.8 Å². The highest BCUT2D eigenvalue weighted by Crippen LogP contribution is 2.23. The fourth-order valence-electron chi connectivity index (χ4n) is 2.60. The molecule has 3 rings (SSSR count). The third-order valence-corrected chi connectivity index (χ3v) is 7.11. The number of hydrogen-bond donors (Lipinski definition) is 0. The van der Waals surface area contributed by atoms with Crippen LogP contribution in [0.25, 0.3) is 0 Å². The molecule has 0 amide bonds. The average Bonchev–Trinajstić information content (AvgIpc) is 3.22. The van der Waals surface area contributed by atoms with E-state index < -0.39 is 20.1 Å². The van der Waals surface area contributed by atoms with E-state index in [9.17, 15) is 16.8 Å². The fourth-order valence-corrected chi connectivity index (χ4v) is 4.54. The van der Waals surface area contributed by atoms with E-state index >= 15 is 0 Å². The molecule has 1 aromatic heterocycles. The first-order valence-corrected chi connectivity index (χ1v) is 11.9. The minimum absolute atomic E-state index is 0.0622. The molecule has 29 heavy (non-hydrogen) atoms. The number of sulfonamides is 1. The van der Waals surface area contributed by atoms with E-state index in [0.29, 0.717) is 11.3 Å². The zero-order valence-corrected chi connectivity index (χ0v) is 17.4. The van der Waals surface area contributed by atoms with E-state index in [1.807, 2.05) is 0 Å². The summed E-state index contributed by atoms with van der Waals surface area (Å²) in [5.41, 5.74) is 0.678. The molecular weight excluding hydrogens is 414 g/mol. The van der Waals surface area contributed by atoms with Crippen LogP contribution in [-0.4, -0.2) is 26.9 Å². The van der Waals surface area contributed by atoms with Gasteiger partial charge in [0.05, 0.1) is 23.5 Å². The van der Waals surface area contributed by atoms with Gasteiger partial charge in [0.2, 0.25) is 10.0 Å². The van der Waals surface area contributed by atoms with Crippen LogP contribution >= 0.6 is 0 Å². The highest BCUT2D eigenvalue weighted by atomic mass is 32.2. The molecule has 0 unspecified atom stereocenters.